The lowest BCUT2D eigenvalue weighted by molar-refractivity contribution is 0.0794. The standard InChI is InChI=1S/C17H34N4OS.HI/c1-3-18-16(19-9-12-21-10-5-4-6-11-21)20-15-17(23-2)7-13-22-14-8-17;/h3-15H2,1-2H3,(H2,18,19,20);1H. The zero-order valence-electron chi connectivity index (χ0n) is 15.3. The third kappa shape index (κ3) is 7.66. The van der Waals surface area contributed by atoms with Crippen LogP contribution in [0.5, 0.6) is 0 Å². The quantitative estimate of drug-likeness (QED) is 0.340. The molecule has 0 aliphatic carbocycles. The Balaban J connectivity index is 0.00000288. The number of likely N-dealkylation sites (tertiary alicyclic amines) is 1. The van der Waals surface area contributed by atoms with E-state index < -0.39 is 0 Å². The first-order valence-electron chi connectivity index (χ1n) is 9.15. The number of nitrogens with zero attached hydrogens (tertiary/aromatic N) is 2. The van der Waals surface area contributed by atoms with Crippen molar-refractivity contribution in [1.82, 2.24) is 15.5 Å². The van der Waals surface area contributed by atoms with Crippen molar-refractivity contribution in [2.75, 3.05) is 58.7 Å². The maximum absolute atomic E-state index is 5.51. The molecule has 0 radical (unpaired) electrons. The van der Waals surface area contributed by atoms with Gasteiger partial charge in [-0.25, -0.2) is 0 Å². The number of piperidine rings is 1. The van der Waals surface area contributed by atoms with Crippen molar-refractivity contribution in [3.05, 3.63) is 0 Å². The fourth-order valence-electron chi connectivity index (χ4n) is 3.25. The number of halogens is 1. The average molecular weight is 470 g/mol. The third-order valence-electron chi connectivity index (χ3n) is 4.88. The predicted octanol–water partition coefficient (Wildman–Crippen LogP) is 2.56. The first-order chi connectivity index (χ1) is 11.3. The van der Waals surface area contributed by atoms with Crippen LogP contribution in [0.2, 0.25) is 0 Å². The first-order valence-corrected chi connectivity index (χ1v) is 10.4. The number of aliphatic imine (C=N–C) groups is 1. The number of ether oxygens (including phenoxy) is 1. The molecule has 2 heterocycles. The normalized spacial score (nSPS) is 21.8. The molecular weight excluding hydrogens is 435 g/mol. The number of rotatable bonds is 7. The van der Waals surface area contributed by atoms with Crippen LogP contribution in [0.25, 0.3) is 0 Å². The monoisotopic (exact) mass is 470 g/mol. The van der Waals surface area contributed by atoms with Gasteiger partial charge >= 0.3 is 0 Å². The summed E-state index contributed by atoms with van der Waals surface area (Å²) in [5.41, 5.74) is 0. The molecule has 0 aromatic carbocycles. The van der Waals surface area contributed by atoms with E-state index in [0.29, 0.717) is 0 Å². The van der Waals surface area contributed by atoms with E-state index in [1.165, 1.54) is 32.4 Å². The molecule has 2 rings (SSSR count). The summed E-state index contributed by atoms with van der Waals surface area (Å²) in [6.45, 7) is 10.2. The summed E-state index contributed by atoms with van der Waals surface area (Å²) in [6, 6.07) is 0. The van der Waals surface area contributed by atoms with Crippen molar-refractivity contribution < 1.29 is 4.74 Å². The van der Waals surface area contributed by atoms with Gasteiger partial charge in [0.25, 0.3) is 0 Å². The molecule has 0 spiro atoms. The van der Waals surface area contributed by atoms with Gasteiger partial charge in [-0.15, -0.1) is 24.0 Å². The Labute approximate surface area is 169 Å². The van der Waals surface area contributed by atoms with Crippen LogP contribution in [0.4, 0.5) is 0 Å². The summed E-state index contributed by atoms with van der Waals surface area (Å²) in [7, 11) is 0. The summed E-state index contributed by atoms with van der Waals surface area (Å²) in [5, 5.41) is 6.89. The van der Waals surface area contributed by atoms with Crippen molar-refractivity contribution in [2.24, 2.45) is 4.99 Å². The van der Waals surface area contributed by atoms with Crippen LogP contribution in [0, 0.1) is 0 Å². The van der Waals surface area contributed by atoms with E-state index in [1.807, 2.05) is 11.8 Å². The largest absolute Gasteiger partial charge is 0.381 e. The van der Waals surface area contributed by atoms with Crippen molar-refractivity contribution in [3.63, 3.8) is 0 Å². The lowest BCUT2D eigenvalue weighted by atomic mass is 9.99. The zero-order valence-corrected chi connectivity index (χ0v) is 18.5. The van der Waals surface area contributed by atoms with E-state index in [0.717, 1.165) is 58.2 Å². The van der Waals surface area contributed by atoms with Gasteiger partial charge in [-0.2, -0.15) is 11.8 Å². The molecule has 5 nitrogen and oxygen atoms in total. The Morgan fingerprint density at radius 2 is 1.88 bits per heavy atom. The van der Waals surface area contributed by atoms with Crippen LogP contribution in [-0.4, -0.2) is 74.3 Å². The van der Waals surface area contributed by atoms with Gasteiger partial charge in [0.2, 0.25) is 0 Å². The van der Waals surface area contributed by atoms with Gasteiger partial charge in [0, 0.05) is 37.6 Å². The van der Waals surface area contributed by atoms with Crippen LogP contribution < -0.4 is 10.6 Å². The SMILES string of the molecule is CCNC(=NCC1(SC)CCOCC1)NCCN1CCCCC1.I. The van der Waals surface area contributed by atoms with E-state index >= 15 is 0 Å². The molecule has 0 aromatic rings. The van der Waals surface area contributed by atoms with Crippen molar-refractivity contribution >= 4 is 41.7 Å². The topological polar surface area (TPSA) is 48.9 Å². The van der Waals surface area contributed by atoms with Gasteiger partial charge in [0.15, 0.2) is 5.96 Å². The Morgan fingerprint density at radius 3 is 2.50 bits per heavy atom. The molecule has 2 fully saturated rings. The summed E-state index contributed by atoms with van der Waals surface area (Å²) in [6.07, 6.45) is 8.51. The van der Waals surface area contributed by atoms with Gasteiger partial charge < -0.3 is 20.3 Å². The third-order valence-corrected chi connectivity index (χ3v) is 6.28. The van der Waals surface area contributed by atoms with Gasteiger partial charge in [-0.1, -0.05) is 6.42 Å². The zero-order chi connectivity index (χ0) is 16.4. The Hall–Kier alpha value is 0.270. The number of guanidine groups is 1. The van der Waals surface area contributed by atoms with Crippen LogP contribution >= 0.6 is 35.7 Å². The van der Waals surface area contributed by atoms with E-state index in [1.54, 1.807) is 0 Å². The number of hydrogen-bond donors (Lipinski definition) is 2. The van der Waals surface area contributed by atoms with Crippen LogP contribution in [0.1, 0.15) is 39.0 Å². The number of nitrogens with one attached hydrogen (secondary N) is 2. The molecule has 142 valence electrons. The van der Waals surface area contributed by atoms with Crippen molar-refractivity contribution in [2.45, 2.75) is 43.8 Å². The molecule has 2 aliphatic rings. The molecule has 24 heavy (non-hydrogen) atoms. The molecule has 0 atom stereocenters. The van der Waals surface area contributed by atoms with Gasteiger partial charge in [0.1, 0.15) is 0 Å². The second-order valence-electron chi connectivity index (χ2n) is 6.52. The Bertz CT molecular complexity index is 358. The van der Waals surface area contributed by atoms with Gasteiger partial charge in [0.05, 0.1) is 6.54 Å². The molecule has 2 saturated heterocycles. The lowest BCUT2D eigenvalue weighted by Crippen LogP contribution is -2.44. The average Bonchev–Trinajstić information content (AvgIpc) is 2.61. The molecule has 7 heteroatoms. The highest BCUT2D eigenvalue weighted by Crippen LogP contribution is 2.33. The predicted molar refractivity (Wildman–Crippen MR) is 116 cm³/mol. The van der Waals surface area contributed by atoms with Crippen LogP contribution in [0.15, 0.2) is 4.99 Å². The molecule has 0 bridgehead atoms. The summed E-state index contributed by atoms with van der Waals surface area (Å²) >= 11 is 1.95. The molecule has 0 aromatic heterocycles. The summed E-state index contributed by atoms with van der Waals surface area (Å²) < 4.78 is 5.77. The second kappa shape index (κ2) is 12.6. The van der Waals surface area contributed by atoms with Gasteiger partial charge in [-0.3, -0.25) is 4.99 Å². The lowest BCUT2D eigenvalue weighted by Gasteiger charge is -2.34. The molecule has 0 unspecified atom stereocenters. The van der Waals surface area contributed by atoms with Crippen LogP contribution in [0.3, 0.4) is 0 Å². The minimum Gasteiger partial charge on any atom is -0.381 e. The second-order valence-corrected chi connectivity index (χ2v) is 7.80. The van der Waals surface area contributed by atoms with E-state index in [-0.39, 0.29) is 28.7 Å². The number of hydrogen-bond acceptors (Lipinski definition) is 4. The smallest absolute Gasteiger partial charge is 0.191 e. The fraction of sp³-hybridized carbons (Fsp3) is 0.941. The highest BCUT2D eigenvalue weighted by molar-refractivity contribution is 14.0. The molecule has 2 N–H and O–H groups in total. The molecule has 2 aliphatic heterocycles. The maximum atomic E-state index is 5.51. The number of thioether (sulfide) groups is 1. The Morgan fingerprint density at radius 1 is 1.17 bits per heavy atom. The minimum atomic E-state index is 0. The highest BCUT2D eigenvalue weighted by Gasteiger charge is 2.31. The molecule has 0 saturated carbocycles. The van der Waals surface area contributed by atoms with Crippen molar-refractivity contribution in [3.8, 4) is 0 Å². The highest BCUT2D eigenvalue weighted by atomic mass is 127. The minimum absolute atomic E-state index is 0. The van der Waals surface area contributed by atoms with Crippen molar-refractivity contribution in [1.29, 1.82) is 0 Å². The molecular formula is C17H35IN4OS. The van der Waals surface area contributed by atoms with E-state index in [2.05, 4.69) is 28.7 Å². The summed E-state index contributed by atoms with van der Waals surface area (Å²) in [4.78, 5) is 7.42. The molecule has 0 amide bonds. The Kier molecular flexibility index (Phi) is 11.7. The van der Waals surface area contributed by atoms with E-state index in [9.17, 15) is 0 Å². The first kappa shape index (κ1) is 22.3. The fourth-order valence-corrected chi connectivity index (χ4v) is 4.02. The van der Waals surface area contributed by atoms with E-state index in [4.69, 9.17) is 9.73 Å². The van der Waals surface area contributed by atoms with Crippen LogP contribution in [-0.2, 0) is 4.74 Å². The summed E-state index contributed by atoms with van der Waals surface area (Å²) in [5.74, 6) is 0.962. The van der Waals surface area contributed by atoms with Gasteiger partial charge in [-0.05, 0) is 52.0 Å². The maximum Gasteiger partial charge on any atom is 0.191 e.